The molecule has 4 nitrogen and oxygen atoms in total. The van der Waals surface area contributed by atoms with E-state index in [4.69, 9.17) is 9.47 Å². The summed E-state index contributed by atoms with van der Waals surface area (Å²) in [4.78, 5) is 4.29. The second-order valence-corrected chi connectivity index (χ2v) is 4.06. The maximum Gasteiger partial charge on any atom is 0.137 e. The number of nitrogens with one attached hydrogen (secondary N) is 1. The lowest BCUT2D eigenvalue weighted by molar-refractivity contribution is 0.167. The summed E-state index contributed by atoms with van der Waals surface area (Å²) in [5.41, 5.74) is 1.03. The van der Waals surface area contributed by atoms with Crippen LogP contribution in [-0.4, -0.2) is 31.9 Å². The first kappa shape index (κ1) is 11.4. The van der Waals surface area contributed by atoms with Gasteiger partial charge in [0.15, 0.2) is 0 Å². The zero-order chi connectivity index (χ0) is 11.2. The van der Waals surface area contributed by atoms with Crippen LogP contribution in [-0.2, 0) is 11.3 Å². The Morgan fingerprint density at radius 3 is 3.12 bits per heavy atom. The van der Waals surface area contributed by atoms with Gasteiger partial charge in [0.05, 0.1) is 25.1 Å². The van der Waals surface area contributed by atoms with E-state index < -0.39 is 0 Å². The Morgan fingerprint density at radius 2 is 2.50 bits per heavy atom. The van der Waals surface area contributed by atoms with Crippen molar-refractivity contribution in [2.45, 2.75) is 13.0 Å². The van der Waals surface area contributed by atoms with E-state index in [-0.39, 0.29) is 0 Å². The first-order valence-corrected chi connectivity index (χ1v) is 5.68. The Hall–Kier alpha value is -1.13. The molecule has 0 radical (unpaired) electrons. The number of aromatic nitrogens is 1. The number of rotatable bonds is 5. The second-order valence-electron chi connectivity index (χ2n) is 4.06. The average molecular weight is 222 g/mol. The van der Waals surface area contributed by atoms with Crippen molar-refractivity contribution in [2.75, 3.05) is 26.9 Å². The van der Waals surface area contributed by atoms with Gasteiger partial charge >= 0.3 is 0 Å². The van der Waals surface area contributed by atoms with Crippen LogP contribution in [0.4, 0.5) is 0 Å². The number of nitrogens with zero attached hydrogens (tertiary/aromatic N) is 1. The molecule has 1 unspecified atom stereocenters. The SMILES string of the molecule is CNCc1ccc(OCC2CCOC2)cn1. The van der Waals surface area contributed by atoms with E-state index in [0.717, 1.165) is 44.2 Å². The first-order valence-electron chi connectivity index (χ1n) is 5.68. The minimum atomic E-state index is 0.539. The minimum absolute atomic E-state index is 0.539. The van der Waals surface area contributed by atoms with E-state index in [1.54, 1.807) is 6.20 Å². The molecule has 2 rings (SSSR count). The molecule has 0 bridgehead atoms. The van der Waals surface area contributed by atoms with E-state index in [1.807, 2.05) is 19.2 Å². The van der Waals surface area contributed by atoms with Crippen molar-refractivity contribution in [3.63, 3.8) is 0 Å². The van der Waals surface area contributed by atoms with E-state index in [2.05, 4.69) is 10.3 Å². The van der Waals surface area contributed by atoms with Crippen molar-refractivity contribution in [1.29, 1.82) is 0 Å². The summed E-state index contributed by atoms with van der Waals surface area (Å²) < 4.78 is 11.0. The highest BCUT2D eigenvalue weighted by Crippen LogP contribution is 2.15. The molecule has 1 saturated heterocycles. The van der Waals surface area contributed by atoms with Crippen LogP contribution in [0.2, 0.25) is 0 Å². The van der Waals surface area contributed by atoms with E-state index >= 15 is 0 Å². The first-order chi connectivity index (χ1) is 7.88. The zero-order valence-corrected chi connectivity index (χ0v) is 9.61. The van der Waals surface area contributed by atoms with E-state index in [9.17, 15) is 0 Å². The molecule has 88 valence electrons. The molecule has 1 aliphatic heterocycles. The molecule has 1 atom stereocenters. The Balaban J connectivity index is 1.80. The Kier molecular flexibility index (Phi) is 4.13. The molecule has 4 heteroatoms. The molecule has 16 heavy (non-hydrogen) atoms. The van der Waals surface area contributed by atoms with Crippen LogP contribution in [0.25, 0.3) is 0 Å². The number of hydrogen-bond donors (Lipinski definition) is 1. The van der Waals surface area contributed by atoms with Crippen molar-refractivity contribution < 1.29 is 9.47 Å². The summed E-state index contributed by atoms with van der Waals surface area (Å²) in [6, 6.07) is 3.95. The third-order valence-corrected chi connectivity index (χ3v) is 2.67. The van der Waals surface area contributed by atoms with Gasteiger partial charge in [-0.1, -0.05) is 0 Å². The Morgan fingerprint density at radius 1 is 1.56 bits per heavy atom. The van der Waals surface area contributed by atoms with Crippen molar-refractivity contribution in [1.82, 2.24) is 10.3 Å². The Labute approximate surface area is 96.0 Å². The predicted octanol–water partition coefficient (Wildman–Crippen LogP) is 1.22. The third kappa shape index (κ3) is 3.18. The third-order valence-electron chi connectivity index (χ3n) is 2.67. The molecule has 0 aromatic carbocycles. The van der Waals surface area contributed by atoms with Crippen LogP contribution in [0.15, 0.2) is 18.3 Å². The standard InChI is InChI=1S/C12H18N2O2/c1-13-6-11-2-3-12(7-14-11)16-9-10-4-5-15-8-10/h2-3,7,10,13H,4-6,8-9H2,1H3. The summed E-state index contributed by atoms with van der Waals surface area (Å²) in [5, 5.41) is 3.06. The van der Waals surface area contributed by atoms with Crippen molar-refractivity contribution in [2.24, 2.45) is 5.92 Å². The lowest BCUT2D eigenvalue weighted by Gasteiger charge is -2.10. The molecule has 1 N–H and O–H groups in total. The van der Waals surface area contributed by atoms with Gasteiger partial charge in [-0.25, -0.2) is 0 Å². The van der Waals surface area contributed by atoms with Crippen molar-refractivity contribution in [3.8, 4) is 5.75 Å². The lowest BCUT2D eigenvalue weighted by atomic mass is 10.1. The number of hydrogen-bond acceptors (Lipinski definition) is 4. The summed E-state index contributed by atoms with van der Waals surface area (Å²) in [7, 11) is 1.91. The maximum atomic E-state index is 5.66. The molecule has 1 aromatic rings. The molecular formula is C12H18N2O2. The smallest absolute Gasteiger partial charge is 0.137 e. The maximum absolute atomic E-state index is 5.66. The van der Waals surface area contributed by atoms with E-state index in [1.165, 1.54) is 0 Å². The van der Waals surface area contributed by atoms with Crippen molar-refractivity contribution in [3.05, 3.63) is 24.0 Å². The van der Waals surface area contributed by atoms with Gasteiger partial charge in [0.25, 0.3) is 0 Å². The van der Waals surface area contributed by atoms with Gasteiger partial charge in [0.2, 0.25) is 0 Å². The van der Waals surface area contributed by atoms with Gasteiger partial charge in [0.1, 0.15) is 5.75 Å². The van der Waals surface area contributed by atoms with Crippen LogP contribution >= 0.6 is 0 Å². The van der Waals surface area contributed by atoms with Crippen LogP contribution < -0.4 is 10.1 Å². The lowest BCUT2D eigenvalue weighted by Crippen LogP contribution is -2.12. The van der Waals surface area contributed by atoms with Crippen molar-refractivity contribution >= 4 is 0 Å². The minimum Gasteiger partial charge on any atom is -0.492 e. The quantitative estimate of drug-likeness (QED) is 0.813. The average Bonchev–Trinajstić information content (AvgIpc) is 2.82. The number of pyridine rings is 1. The molecular weight excluding hydrogens is 204 g/mol. The van der Waals surface area contributed by atoms with Crippen LogP contribution in [0.5, 0.6) is 5.75 Å². The van der Waals surface area contributed by atoms with Gasteiger partial charge in [-0.15, -0.1) is 0 Å². The van der Waals surface area contributed by atoms with Crippen LogP contribution in [0.3, 0.4) is 0 Å². The fourth-order valence-corrected chi connectivity index (χ4v) is 1.71. The van der Waals surface area contributed by atoms with Crippen LogP contribution in [0, 0.1) is 5.92 Å². The summed E-state index contributed by atoms with van der Waals surface area (Å²) in [5.74, 6) is 1.38. The highest BCUT2D eigenvalue weighted by molar-refractivity contribution is 5.19. The van der Waals surface area contributed by atoms with Gasteiger partial charge in [-0.2, -0.15) is 0 Å². The molecule has 0 amide bonds. The van der Waals surface area contributed by atoms with Crippen LogP contribution in [0.1, 0.15) is 12.1 Å². The summed E-state index contributed by atoms with van der Waals surface area (Å²) in [6.07, 6.45) is 2.88. The number of ether oxygens (including phenoxy) is 2. The Bertz CT molecular complexity index is 307. The highest BCUT2D eigenvalue weighted by atomic mass is 16.5. The summed E-state index contributed by atoms with van der Waals surface area (Å²) >= 11 is 0. The fourth-order valence-electron chi connectivity index (χ4n) is 1.71. The zero-order valence-electron chi connectivity index (χ0n) is 9.61. The fraction of sp³-hybridized carbons (Fsp3) is 0.583. The molecule has 1 aliphatic rings. The van der Waals surface area contributed by atoms with Gasteiger partial charge < -0.3 is 14.8 Å². The van der Waals surface area contributed by atoms with Gasteiger partial charge in [0, 0.05) is 19.1 Å². The molecule has 0 spiro atoms. The topological polar surface area (TPSA) is 43.4 Å². The molecule has 0 saturated carbocycles. The molecule has 2 heterocycles. The largest absolute Gasteiger partial charge is 0.492 e. The predicted molar refractivity (Wildman–Crippen MR) is 61.4 cm³/mol. The monoisotopic (exact) mass is 222 g/mol. The molecule has 1 aromatic heterocycles. The summed E-state index contributed by atoms with van der Waals surface area (Å²) in [6.45, 7) is 3.21. The molecule has 0 aliphatic carbocycles. The van der Waals surface area contributed by atoms with E-state index in [0.29, 0.717) is 5.92 Å². The van der Waals surface area contributed by atoms with Gasteiger partial charge in [-0.05, 0) is 25.6 Å². The highest BCUT2D eigenvalue weighted by Gasteiger charge is 2.16. The second kappa shape index (κ2) is 5.82. The van der Waals surface area contributed by atoms with Gasteiger partial charge in [-0.3, -0.25) is 4.98 Å². The molecule has 1 fully saturated rings. The normalized spacial score (nSPS) is 19.9.